The van der Waals surface area contributed by atoms with Crippen LogP contribution in [0.5, 0.6) is 0 Å². The van der Waals surface area contributed by atoms with Crippen LogP contribution in [0, 0.1) is 5.21 Å². The van der Waals surface area contributed by atoms with Crippen molar-refractivity contribution in [2.24, 2.45) is 0 Å². The van der Waals surface area contributed by atoms with Crippen LogP contribution in [0.4, 0.5) is 0 Å². The molecule has 0 aliphatic carbocycles. The van der Waals surface area contributed by atoms with Crippen molar-refractivity contribution in [2.75, 3.05) is 13.1 Å². The molecule has 72 valence electrons. The van der Waals surface area contributed by atoms with Gasteiger partial charge in [-0.2, -0.15) is 0 Å². The van der Waals surface area contributed by atoms with E-state index in [4.69, 9.17) is 0 Å². The Labute approximate surface area is 74.8 Å². The fraction of sp³-hybridized carbons (Fsp3) is 0.778. The molecule has 3 N–H and O–H groups in total. The molecule has 1 rings (SSSR count). The average Bonchev–Trinajstić information content (AvgIpc) is 2.15. The number of quaternary nitrogens is 1. The number of hydrogen-bond acceptors (Lipinski definition) is 2. The van der Waals surface area contributed by atoms with E-state index in [0.29, 0.717) is 0 Å². The smallest absolute Gasteiger partial charge is 0.0915 e. The summed E-state index contributed by atoms with van der Waals surface area (Å²) in [6.07, 6.45) is 8.31. The van der Waals surface area contributed by atoms with Gasteiger partial charge in [0.1, 0.15) is 0 Å². The zero-order valence-electron chi connectivity index (χ0n) is 7.96. The van der Waals surface area contributed by atoms with Crippen LogP contribution in [0.15, 0.2) is 12.3 Å². The van der Waals surface area contributed by atoms with Crippen molar-refractivity contribution in [3.05, 3.63) is 17.5 Å². The van der Waals surface area contributed by atoms with E-state index in [1.807, 2.05) is 13.0 Å². The highest BCUT2D eigenvalue weighted by molar-refractivity contribution is 4.70. The Morgan fingerprint density at radius 1 is 1.08 bits per heavy atom. The Hall–Kier alpha value is -0.380. The molecular weight excluding hydrogens is 152 g/mol. The molecule has 3 heteroatoms. The lowest BCUT2D eigenvalue weighted by atomic mass is 10.2. The van der Waals surface area contributed by atoms with Gasteiger partial charge in [0.2, 0.25) is 0 Å². The van der Waals surface area contributed by atoms with Crippen LogP contribution in [-0.4, -0.2) is 17.7 Å². The molecule has 0 spiro atoms. The van der Waals surface area contributed by atoms with Gasteiger partial charge in [0, 0.05) is 0 Å². The second-order valence-corrected chi connectivity index (χ2v) is 3.30. The van der Waals surface area contributed by atoms with Crippen LogP contribution < -0.4 is 6.15 Å². The Morgan fingerprint density at radius 3 is 2.00 bits per heavy atom. The summed E-state index contributed by atoms with van der Waals surface area (Å²) < 4.78 is -0.0868. The third-order valence-corrected chi connectivity index (χ3v) is 2.24. The Morgan fingerprint density at radius 2 is 1.58 bits per heavy atom. The lowest BCUT2D eigenvalue weighted by molar-refractivity contribution is -0.828. The highest BCUT2D eigenvalue weighted by Gasteiger charge is 2.15. The van der Waals surface area contributed by atoms with Crippen LogP contribution >= 0.6 is 0 Å². The molecule has 1 fully saturated rings. The predicted molar refractivity (Wildman–Crippen MR) is 51.7 cm³/mol. The van der Waals surface area contributed by atoms with Gasteiger partial charge < -0.3 is 16.0 Å². The van der Waals surface area contributed by atoms with Gasteiger partial charge in [0.25, 0.3) is 0 Å². The molecule has 0 aromatic heterocycles. The maximum absolute atomic E-state index is 11.8. The number of likely N-dealkylation sites (tertiary alicyclic amines) is 1. The summed E-state index contributed by atoms with van der Waals surface area (Å²) in [5.41, 5.74) is 0. The standard InChI is InChI=1S/C9H17NO.H3N/c1-2-7-10(11)8-5-3-4-6-9-10;/h2,7H,3-6,8-9H2,1H3;1H3. The summed E-state index contributed by atoms with van der Waals surface area (Å²) >= 11 is 0. The molecule has 1 heterocycles. The van der Waals surface area contributed by atoms with E-state index in [1.54, 1.807) is 6.20 Å². The van der Waals surface area contributed by atoms with Crippen molar-refractivity contribution in [2.45, 2.75) is 32.6 Å². The van der Waals surface area contributed by atoms with Crippen molar-refractivity contribution in [1.29, 1.82) is 0 Å². The SMILES string of the molecule is CC=C[N+]1([O-])CCCCCC1.N. The quantitative estimate of drug-likeness (QED) is 0.488. The van der Waals surface area contributed by atoms with Crippen LogP contribution in [-0.2, 0) is 0 Å². The summed E-state index contributed by atoms with van der Waals surface area (Å²) in [7, 11) is 0. The first-order valence-electron chi connectivity index (χ1n) is 4.48. The van der Waals surface area contributed by atoms with Crippen molar-refractivity contribution in [1.82, 2.24) is 6.15 Å². The highest BCUT2D eigenvalue weighted by Crippen LogP contribution is 2.17. The molecule has 1 saturated heterocycles. The Kier molecular flexibility index (Phi) is 5.13. The van der Waals surface area contributed by atoms with Crippen LogP contribution in [0.25, 0.3) is 0 Å². The first-order chi connectivity index (χ1) is 5.27. The van der Waals surface area contributed by atoms with Crippen LogP contribution in [0.1, 0.15) is 32.6 Å². The molecule has 0 bridgehead atoms. The lowest BCUT2D eigenvalue weighted by Gasteiger charge is -2.37. The minimum atomic E-state index is -0.0868. The summed E-state index contributed by atoms with van der Waals surface area (Å²) in [5.74, 6) is 0. The summed E-state index contributed by atoms with van der Waals surface area (Å²) in [5, 5.41) is 11.8. The Bertz CT molecular complexity index is 137. The molecule has 0 radical (unpaired) electrons. The minimum absolute atomic E-state index is 0. The Balaban J connectivity index is 0.00000121. The first kappa shape index (κ1) is 11.6. The molecule has 0 aromatic carbocycles. The van der Waals surface area contributed by atoms with E-state index in [9.17, 15) is 5.21 Å². The second kappa shape index (κ2) is 5.30. The summed E-state index contributed by atoms with van der Waals surface area (Å²) in [6.45, 7) is 3.48. The maximum atomic E-state index is 11.8. The van der Waals surface area contributed by atoms with Gasteiger partial charge in [-0.3, -0.25) is 0 Å². The molecule has 0 atom stereocenters. The van der Waals surface area contributed by atoms with E-state index in [1.165, 1.54) is 12.8 Å². The fourth-order valence-electron chi connectivity index (χ4n) is 1.64. The van der Waals surface area contributed by atoms with Crippen molar-refractivity contribution in [3.63, 3.8) is 0 Å². The monoisotopic (exact) mass is 172 g/mol. The topological polar surface area (TPSA) is 58.1 Å². The number of hydrogen-bond donors (Lipinski definition) is 1. The highest BCUT2D eigenvalue weighted by atomic mass is 16.5. The molecule has 12 heavy (non-hydrogen) atoms. The molecule has 3 nitrogen and oxygen atoms in total. The van der Waals surface area contributed by atoms with Crippen molar-refractivity contribution >= 4 is 0 Å². The third-order valence-electron chi connectivity index (χ3n) is 2.24. The summed E-state index contributed by atoms with van der Waals surface area (Å²) in [6, 6.07) is 0. The first-order valence-corrected chi connectivity index (χ1v) is 4.48. The molecule has 1 aliphatic heterocycles. The van der Waals surface area contributed by atoms with Crippen LogP contribution in [0.2, 0.25) is 0 Å². The average molecular weight is 172 g/mol. The minimum Gasteiger partial charge on any atom is -0.628 e. The molecule has 0 saturated carbocycles. The van der Waals surface area contributed by atoms with Gasteiger partial charge in [-0.1, -0.05) is 0 Å². The van der Waals surface area contributed by atoms with Gasteiger partial charge in [-0.25, -0.2) is 0 Å². The fourth-order valence-corrected chi connectivity index (χ4v) is 1.64. The second-order valence-electron chi connectivity index (χ2n) is 3.30. The van der Waals surface area contributed by atoms with Gasteiger partial charge in [0.15, 0.2) is 0 Å². The van der Waals surface area contributed by atoms with Crippen molar-refractivity contribution in [3.8, 4) is 0 Å². The number of hydroxylamine groups is 3. The number of allylic oxidation sites excluding steroid dienone is 1. The van der Waals surface area contributed by atoms with Gasteiger partial charge in [-0.05, 0) is 38.7 Å². The maximum Gasteiger partial charge on any atom is 0.0915 e. The van der Waals surface area contributed by atoms with E-state index < -0.39 is 0 Å². The number of nitrogens with zero attached hydrogens (tertiary/aromatic N) is 1. The summed E-state index contributed by atoms with van der Waals surface area (Å²) in [4.78, 5) is 0. The molecule has 0 amide bonds. The molecular formula is C9H20N2O. The molecule has 0 unspecified atom stereocenters. The van der Waals surface area contributed by atoms with E-state index in [2.05, 4.69) is 0 Å². The predicted octanol–water partition coefficient (Wildman–Crippen LogP) is 2.57. The largest absolute Gasteiger partial charge is 0.628 e. The number of rotatable bonds is 1. The zero-order valence-corrected chi connectivity index (χ0v) is 7.96. The van der Waals surface area contributed by atoms with Crippen LogP contribution in [0.3, 0.4) is 0 Å². The van der Waals surface area contributed by atoms with E-state index in [-0.39, 0.29) is 10.8 Å². The van der Waals surface area contributed by atoms with Gasteiger partial charge in [0.05, 0.1) is 19.3 Å². The third kappa shape index (κ3) is 3.34. The normalized spacial score (nSPS) is 23.2. The van der Waals surface area contributed by atoms with E-state index in [0.717, 1.165) is 25.9 Å². The van der Waals surface area contributed by atoms with Crippen molar-refractivity contribution < 1.29 is 4.65 Å². The molecule has 0 aromatic rings. The zero-order chi connectivity index (χ0) is 8.16. The molecule has 1 aliphatic rings. The van der Waals surface area contributed by atoms with E-state index >= 15 is 0 Å². The lowest BCUT2D eigenvalue weighted by Crippen LogP contribution is -2.36. The van der Waals surface area contributed by atoms with Gasteiger partial charge in [-0.15, -0.1) is 0 Å². The van der Waals surface area contributed by atoms with Gasteiger partial charge >= 0.3 is 0 Å².